The van der Waals surface area contributed by atoms with Crippen LogP contribution >= 0.6 is 0 Å². The van der Waals surface area contributed by atoms with E-state index in [9.17, 15) is 20.1 Å². The van der Waals surface area contributed by atoms with E-state index in [1.807, 2.05) is 6.08 Å². The number of hydrogen-bond donors (Lipinski definition) is 4. The molecule has 0 aliphatic rings. The van der Waals surface area contributed by atoms with Gasteiger partial charge in [0, 0.05) is 0 Å². The predicted octanol–water partition coefficient (Wildman–Crippen LogP) is 16.9. The van der Waals surface area contributed by atoms with E-state index in [0.717, 1.165) is 32.1 Å². The molecule has 0 rings (SSSR count). The van der Waals surface area contributed by atoms with Gasteiger partial charge in [-0.25, -0.2) is 0 Å². The van der Waals surface area contributed by atoms with E-state index in [-0.39, 0.29) is 6.61 Å². The second-order valence-electron chi connectivity index (χ2n) is 19.1. The molecule has 0 radical (unpaired) electrons. The second kappa shape index (κ2) is 51.5. The van der Waals surface area contributed by atoms with Crippen LogP contribution in [-0.2, 0) is 4.79 Å². The maximum atomic E-state index is 12.5. The summed E-state index contributed by atoms with van der Waals surface area (Å²) in [7, 11) is 0. The summed E-state index contributed by atoms with van der Waals surface area (Å²) in [6, 6.07) is -0.797. The number of rotatable bonds is 51. The summed E-state index contributed by atoms with van der Waals surface area (Å²) >= 11 is 0. The number of amides is 1. The largest absolute Gasteiger partial charge is 0.394 e. The first-order valence-corrected chi connectivity index (χ1v) is 27.7. The van der Waals surface area contributed by atoms with Crippen LogP contribution in [0.5, 0.6) is 0 Å². The van der Waals surface area contributed by atoms with Crippen LogP contribution < -0.4 is 5.32 Å². The Bertz CT molecular complexity index is 905. The topological polar surface area (TPSA) is 89.8 Å². The lowest BCUT2D eigenvalue weighted by molar-refractivity contribution is -0.131. The van der Waals surface area contributed by atoms with E-state index in [1.165, 1.54) is 250 Å². The van der Waals surface area contributed by atoms with Gasteiger partial charge in [0.15, 0.2) is 0 Å². The molecule has 0 aromatic carbocycles. The summed E-state index contributed by atoms with van der Waals surface area (Å²) in [5.74, 6) is -0.499. The monoisotopic (exact) mass is 860 g/mol. The van der Waals surface area contributed by atoms with Gasteiger partial charge in [-0.3, -0.25) is 4.79 Å². The lowest BCUT2D eigenvalue weighted by atomic mass is 10.0. The third-order valence-corrected chi connectivity index (χ3v) is 13.0. The summed E-state index contributed by atoms with van der Waals surface area (Å²) in [6.07, 6.45) is 65.4. The number of unbranched alkanes of at least 4 members (excludes halogenated alkanes) is 41. The van der Waals surface area contributed by atoms with Crippen molar-refractivity contribution < 1.29 is 20.1 Å². The van der Waals surface area contributed by atoms with Crippen molar-refractivity contribution in [2.75, 3.05) is 6.61 Å². The summed E-state index contributed by atoms with van der Waals surface area (Å²) < 4.78 is 0. The van der Waals surface area contributed by atoms with Crippen LogP contribution in [-0.4, -0.2) is 46.1 Å². The number of carbonyl (C=O) groups excluding carboxylic acids is 1. The predicted molar refractivity (Wildman–Crippen MR) is 268 cm³/mol. The number of hydrogen-bond acceptors (Lipinski definition) is 4. The van der Waals surface area contributed by atoms with Gasteiger partial charge in [0.2, 0.25) is 5.91 Å². The Morgan fingerprint density at radius 3 is 0.951 bits per heavy atom. The third kappa shape index (κ3) is 46.6. The first-order valence-electron chi connectivity index (χ1n) is 27.7. The summed E-state index contributed by atoms with van der Waals surface area (Å²) in [5, 5.41) is 33.3. The Labute approximate surface area is 382 Å². The molecule has 3 unspecified atom stereocenters. The molecule has 0 aromatic rings. The quantitative estimate of drug-likeness (QED) is 0.0362. The standard InChI is InChI=1S/C56H109NO4/c1-3-5-7-9-11-13-15-17-19-21-23-24-25-26-27-28-29-30-31-33-35-37-39-41-43-45-47-49-51-55(60)56(61)57-53(52-58)54(59)50-48-46-44-42-40-38-36-34-32-22-20-18-16-14-12-10-8-6-4-2/h26-27,48,50,53-55,58-60H,3-25,28-47,49,51-52H2,1-2H3,(H,57,61)/b27-26-,50-48+. The van der Waals surface area contributed by atoms with Crippen molar-refractivity contribution in [1.29, 1.82) is 0 Å². The molecular weight excluding hydrogens is 751 g/mol. The van der Waals surface area contributed by atoms with Crippen molar-refractivity contribution in [2.45, 2.75) is 321 Å². The number of aliphatic hydroxyl groups is 3. The van der Waals surface area contributed by atoms with Crippen LogP contribution in [0.1, 0.15) is 303 Å². The molecule has 1 amide bonds. The van der Waals surface area contributed by atoms with Gasteiger partial charge in [-0.05, 0) is 44.9 Å². The molecule has 5 nitrogen and oxygen atoms in total. The van der Waals surface area contributed by atoms with Crippen molar-refractivity contribution in [2.24, 2.45) is 0 Å². The zero-order chi connectivity index (χ0) is 44.4. The molecule has 4 N–H and O–H groups in total. The van der Waals surface area contributed by atoms with Gasteiger partial charge in [0.1, 0.15) is 6.10 Å². The molecule has 3 atom stereocenters. The van der Waals surface area contributed by atoms with Gasteiger partial charge in [-0.1, -0.05) is 282 Å². The van der Waals surface area contributed by atoms with E-state index in [4.69, 9.17) is 0 Å². The molecule has 0 fully saturated rings. The Morgan fingerprint density at radius 1 is 0.393 bits per heavy atom. The SMILES string of the molecule is CCCCCCCCCCCCCC/C=C\CCCCCCCCCCCCCCC(O)C(=O)NC(CO)C(O)/C=C/CCCCCCCCCCCCCCCCCCC. The molecule has 0 aliphatic carbocycles. The summed E-state index contributed by atoms with van der Waals surface area (Å²) in [4.78, 5) is 12.5. The van der Waals surface area contributed by atoms with Crippen LogP contribution in [0, 0.1) is 0 Å². The van der Waals surface area contributed by atoms with E-state index < -0.39 is 24.2 Å². The first kappa shape index (κ1) is 59.8. The molecule has 0 bridgehead atoms. The fraction of sp³-hybridized carbons (Fsp3) is 0.911. The molecule has 0 aromatic heterocycles. The van der Waals surface area contributed by atoms with Gasteiger partial charge >= 0.3 is 0 Å². The van der Waals surface area contributed by atoms with E-state index in [2.05, 4.69) is 31.3 Å². The maximum Gasteiger partial charge on any atom is 0.249 e. The zero-order valence-electron chi connectivity index (χ0n) is 41.3. The van der Waals surface area contributed by atoms with Crippen molar-refractivity contribution in [3.63, 3.8) is 0 Å². The fourth-order valence-electron chi connectivity index (χ4n) is 8.71. The Hall–Kier alpha value is -1.17. The van der Waals surface area contributed by atoms with E-state index >= 15 is 0 Å². The normalized spacial score (nSPS) is 13.5. The van der Waals surface area contributed by atoms with Crippen molar-refractivity contribution >= 4 is 5.91 Å². The number of allylic oxidation sites excluding steroid dienone is 3. The lowest BCUT2D eigenvalue weighted by Gasteiger charge is -2.21. The van der Waals surface area contributed by atoms with Crippen LogP contribution in [0.2, 0.25) is 0 Å². The molecule has 0 heterocycles. The molecule has 0 saturated carbocycles. The lowest BCUT2D eigenvalue weighted by Crippen LogP contribution is -2.48. The highest BCUT2D eigenvalue weighted by molar-refractivity contribution is 5.80. The second-order valence-corrected chi connectivity index (χ2v) is 19.1. The number of nitrogens with one attached hydrogen (secondary N) is 1. The van der Waals surface area contributed by atoms with Crippen LogP contribution in [0.4, 0.5) is 0 Å². The van der Waals surface area contributed by atoms with Crippen LogP contribution in [0.25, 0.3) is 0 Å². The van der Waals surface area contributed by atoms with Gasteiger partial charge in [0.05, 0.1) is 18.8 Å². The molecule has 362 valence electrons. The van der Waals surface area contributed by atoms with Crippen LogP contribution in [0.3, 0.4) is 0 Å². The van der Waals surface area contributed by atoms with Gasteiger partial charge in [0.25, 0.3) is 0 Å². The molecule has 5 heteroatoms. The van der Waals surface area contributed by atoms with E-state index in [0.29, 0.717) is 6.42 Å². The minimum absolute atomic E-state index is 0.361. The maximum absolute atomic E-state index is 12.5. The van der Waals surface area contributed by atoms with Crippen molar-refractivity contribution in [1.82, 2.24) is 5.32 Å². The van der Waals surface area contributed by atoms with Gasteiger partial charge < -0.3 is 20.6 Å². The van der Waals surface area contributed by atoms with Crippen molar-refractivity contribution in [3.05, 3.63) is 24.3 Å². The average molecular weight is 860 g/mol. The molecular formula is C56H109NO4. The molecule has 61 heavy (non-hydrogen) atoms. The first-order chi connectivity index (χ1) is 30.1. The smallest absolute Gasteiger partial charge is 0.249 e. The number of aliphatic hydroxyl groups excluding tert-OH is 3. The van der Waals surface area contributed by atoms with Crippen LogP contribution in [0.15, 0.2) is 24.3 Å². The molecule has 0 aliphatic heterocycles. The minimum atomic E-state index is -1.10. The highest BCUT2D eigenvalue weighted by Crippen LogP contribution is 2.17. The highest BCUT2D eigenvalue weighted by Gasteiger charge is 2.22. The average Bonchev–Trinajstić information content (AvgIpc) is 3.26. The molecule has 0 spiro atoms. The van der Waals surface area contributed by atoms with Crippen molar-refractivity contribution in [3.8, 4) is 0 Å². The fourth-order valence-corrected chi connectivity index (χ4v) is 8.71. The Balaban J connectivity index is 3.56. The highest BCUT2D eigenvalue weighted by atomic mass is 16.3. The third-order valence-electron chi connectivity index (χ3n) is 13.0. The minimum Gasteiger partial charge on any atom is -0.394 e. The van der Waals surface area contributed by atoms with Gasteiger partial charge in [-0.2, -0.15) is 0 Å². The Kier molecular flexibility index (Phi) is 50.5. The summed E-state index contributed by atoms with van der Waals surface area (Å²) in [5.41, 5.74) is 0. The molecule has 0 saturated heterocycles. The Morgan fingerprint density at radius 2 is 0.656 bits per heavy atom. The summed E-state index contributed by atoms with van der Waals surface area (Å²) in [6.45, 7) is 4.22. The zero-order valence-corrected chi connectivity index (χ0v) is 41.3. The van der Waals surface area contributed by atoms with E-state index in [1.54, 1.807) is 6.08 Å². The number of carbonyl (C=O) groups is 1. The van der Waals surface area contributed by atoms with Gasteiger partial charge in [-0.15, -0.1) is 0 Å².